The fraction of sp³-hybridized carbons (Fsp3) is 0.355. The minimum Gasteiger partial charge on any atom is -0.477 e. The Morgan fingerprint density at radius 1 is 1.14 bits per heavy atom. The Hall–Kier alpha value is -4.55. The Balaban J connectivity index is 1.14. The number of piperidine rings is 1. The van der Waals surface area contributed by atoms with Crippen LogP contribution >= 0.6 is 0 Å². The van der Waals surface area contributed by atoms with Crippen molar-refractivity contribution in [3.8, 4) is 17.0 Å². The number of nitrogens with zero attached hydrogens (tertiary/aromatic N) is 4. The minimum absolute atomic E-state index is 0.0984. The normalized spacial score (nSPS) is 18.0. The molecule has 0 atom stereocenters. The van der Waals surface area contributed by atoms with E-state index in [0.29, 0.717) is 30.8 Å². The average molecular weight is 613 g/mol. The van der Waals surface area contributed by atoms with E-state index in [1.807, 2.05) is 0 Å². The molecule has 2 fully saturated rings. The van der Waals surface area contributed by atoms with Gasteiger partial charge in [-0.15, -0.1) is 0 Å². The van der Waals surface area contributed by atoms with Gasteiger partial charge in [0, 0.05) is 53.5 Å². The van der Waals surface area contributed by atoms with Gasteiger partial charge in [0.1, 0.15) is 17.2 Å². The highest BCUT2D eigenvalue weighted by Gasteiger charge is 2.45. The van der Waals surface area contributed by atoms with Crippen molar-refractivity contribution in [1.29, 1.82) is 0 Å². The number of ether oxygens (including phenoxy) is 1. The molecule has 1 aromatic carbocycles. The lowest BCUT2D eigenvalue weighted by Gasteiger charge is -2.47. The van der Waals surface area contributed by atoms with Crippen molar-refractivity contribution in [1.82, 2.24) is 15.1 Å². The molecule has 0 bridgehead atoms. The fourth-order valence-electron chi connectivity index (χ4n) is 6.34. The summed E-state index contributed by atoms with van der Waals surface area (Å²) in [6, 6.07) is 8.85. The number of carboxylic acid groups (broad SMARTS) is 1. The first kappa shape index (κ1) is 28.2. The third-order valence-electron chi connectivity index (χ3n) is 8.66. The van der Waals surface area contributed by atoms with Crippen molar-refractivity contribution in [2.45, 2.75) is 50.8 Å². The molecule has 44 heavy (non-hydrogen) atoms. The Morgan fingerprint density at radius 2 is 1.89 bits per heavy atom. The lowest BCUT2D eigenvalue weighted by Crippen LogP contribution is -2.42. The molecule has 0 amide bonds. The molecular formula is C31H25F5N4O4. The first-order valence-corrected chi connectivity index (χ1v) is 14.1. The smallest absolute Gasteiger partial charge is 0.434 e. The molecule has 4 aromatic rings. The molecule has 1 N–H and O–H groups in total. The predicted octanol–water partition coefficient (Wildman–Crippen LogP) is 7.55. The zero-order chi connectivity index (χ0) is 30.8. The van der Waals surface area contributed by atoms with Crippen LogP contribution in [0.5, 0.6) is 5.75 Å². The first-order valence-electron chi connectivity index (χ1n) is 14.1. The van der Waals surface area contributed by atoms with E-state index in [-0.39, 0.29) is 39.2 Å². The number of carboxylic acids is 1. The van der Waals surface area contributed by atoms with Crippen LogP contribution in [0.4, 0.5) is 27.6 Å². The standard InChI is InChI=1S/C31H25F5N4O4/c32-29(33)43-23-13-22(28(41)42)38-21-6-5-18(12-20(21)23)40-10-7-30(8-11-40)14-17(15-30)24-25(39-44-26(24)16-3-4-16)19-2-1-9-37-27(19)31(34,35)36/h1-2,5-6,9,12-14,16,29H,3-4,7-8,10-11,15H2,(H,41,42). The highest BCUT2D eigenvalue weighted by Crippen LogP contribution is 2.56. The number of halogens is 5. The number of hydrogen-bond donors (Lipinski definition) is 1. The van der Waals surface area contributed by atoms with Gasteiger partial charge in [0.2, 0.25) is 0 Å². The Morgan fingerprint density at radius 3 is 2.55 bits per heavy atom. The van der Waals surface area contributed by atoms with Crippen molar-refractivity contribution in [2.75, 3.05) is 18.0 Å². The number of aromatic carboxylic acids is 1. The Labute approximate surface area is 247 Å². The number of alkyl halides is 5. The molecule has 8 nitrogen and oxygen atoms in total. The summed E-state index contributed by atoms with van der Waals surface area (Å²) in [5.41, 5.74) is 1.10. The van der Waals surface area contributed by atoms with Crippen LogP contribution in [0.15, 0.2) is 53.2 Å². The SMILES string of the molecule is O=C(O)c1cc(OC(F)F)c2cc(N3CCC4(C=C(c5c(-c6cccnc6C(F)(F)F)noc5C5CC5)C4)CC3)ccc2n1. The van der Waals surface area contributed by atoms with Crippen LogP contribution in [0.1, 0.15) is 65.5 Å². The van der Waals surface area contributed by atoms with Gasteiger partial charge < -0.3 is 19.3 Å². The molecule has 7 rings (SSSR count). The summed E-state index contributed by atoms with van der Waals surface area (Å²) in [5.74, 6) is -0.839. The quantitative estimate of drug-likeness (QED) is 0.214. The van der Waals surface area contributed by atoms with Crippen molar-refractivity contribution >= 4 is 28.1 Å². The van der Waals surface area contributed by atoms with E-state index in [9.17, 15) is 31.9 Å². The number of carbonyl (C=O) groups is 1. The first-order chi connectivity index (χ1) is 21.0. The zero-order valence-corrected chi connectivity index (χ0v) is 23.1. The summed E-state index contributed by atoms with van der Waals surface area (Å²) >= 11 is 0. The lowest BCUT2D eigenvalue weighted by molar-refractivity contribution is -0.140. The number of rotatable bonds is 7. The molecule has 3 aliphatic rings. The highest BCUT2D eigenvalue weighted by atomic mass is 19.4. The molecule has 0 radical (unpaired) electrons. The zero-order valence-electron chi connectivity index (χ0n) is 23.1. The maximum atomic E-state index is 13.8. The molecule has 4 heterocycles. The van der Waals surface area contributed by atoms with E-state index in [4.69, 9.17) is 4.52 Å². The lowest BCUT2D eigenvalue weighted by atomic mass is 9.63. The maximum absolute atomic E-state index is 13.8. The minimum atomic E-state index is -4.64. The van der Waals surface area contributed by atoms with E-state index in [1.54, 1.807) is 18.2 Å². The van der Waals surface area contributed by atoms with E-state index in [2.05, 4.69) is 30.8 Å². The van der Waals surface area contributed by atoms with E-state index in [1.165, 1.54) is 12.1 Å². The summed E-state index contributed by atoms with van der Waals surface area (Å²) in [6.45, 7) is -1.84. The summed E-state index contributed by atoms with van der Waals surface area (Å²) in [7, 11) is 0. The topological polar surface area (TPSA) is 102 Å². The van der Waals surface area contributed by atoms with Crippen LogP contribution in [0.25, 0.3) is 27.7 Å². The molecule has 1 spiro atoms. The van der Waals surface area contributed by atoms with Crippen LogP contribution in [0.3, 0.4) is 0 Å². The number of benzene rings is 1. The highest BCUT2D eigenvalue weighted by molar-refractivity contribution is 5.94. The fourth-order valence-corrected chi connectivity index (χ4v) is 6.34. The number of fused-ring (bicyclic) bond motifs is 1. The van der Waals surface area contributed by atoms with Gasteiger partial charge in [-0.05, 0) is 73.4 Å². The van der Waals surface area contributed by atoms with Gasteiger partial charge in [-0.3, -0.25) is 4.98 Å². The molecular weight excluding hydrogens is 587 g/mol. The molecule has 13 heteroatoms. The molecule has 1 saturated heterocycles. The molecule has 1 saturated carbocycles. The summed E-state index contributed by atoms with van der Waals surface area (Å²) < 4.78 is 77.9. The van der Waals surface area contributed by atoms with E-state index in [0.717, 1.165) is 49.2 Å². The van der Waals surface area contributed by atoms with Crippen molar-refractivity contribution in [3.63, 3.8) is 0 Å². The summed E-state index contributed by atoms with van der Waals surface area (Å²) in [4.78, 5) is 21.2. The molecule has 0 unspecified atom stereocenters. The van der Waals surface area contributed by atoms with Crippen LogP contribution in [0.2, 0.25) is 0 Å². The number of anilines is 1. The number of aromatic nitrogens is 3. The molecule has 2 aliphatic carbocycles. The molecule has 1 aliphatic heterocycles. The number of hydrogen-bond acceptors (Lipinski definition) is 7. The Bertz CT molecular complexity index is 1810. The monoisotopic (exact) mass is 612 g/mol. The van der Waals surface area contributed by atoms with Gasteiger partial charge >= 0.3 is 18.8 Å². The van der Waals surface area contributed by atoms with Crippen molar-refractivity contribution in [3.05, 3.63) is 71.4 Å². The number of pyridine rings is 2. The summed E-state index contributed by atoms with van der Waals surface area (Å²) in [5, 5.41) is 13.7. The largest absolute Gasteiger partial charge is 0.477 e. The van der Waals surface area contributed by atoms with Gasteiger partial charge in [-0.2, -0.15) is 22.0 Å². The second-order valence-electron chi connectivity index (χ2n) is 11.5. The van der Waals surface area contributed by atoms with Gasteiger partial charge in [-0.25, -0.2) is 9.78 Å². The molecule has 3 aromatic heterocycles. The second kappa shape index (κ2) is 10.3. The van der Waals surface area contributed by atoms with Gasteiger partial charge in [0.05, 0.1) is 5.52 Å². The third kappa shape index (κ3) is 5.03. The predicted molar refractivity (Wildman–Crippen MR) is 149 cm³/mol. The van der Waals surface area contributed by atoms with Crippen LogP contribution in [0, 0.1) is 5.41 Å². The Kier molecular flexibility index (Phi) is 6.59. The van der Waals surface area contributed by atoms with Crippen molar-refractivity contribution < 1.29 is 41.1 Å². The number of allylic oxidation sites excluding steroid dienone is 2. The van der Waals surface area contributed by atoms with Crippen LogP contribution in [-0.2, 0) is 6.18 Å². The van der Waals surface area contributed by atoms with Gasteiger partial charge in [-0.1, -0.05) is 11.2 Å². The van der Waals surface area contributed by atoms with E-state index < -0.39 is 30.1 Å². The van der Waals surface area contributed by atoms with Crippen molar-refractivity contribution in [2.24, 2.45) is 5.41 Å². The maximum Gasteiger partial charge on any atom is 0.434 e. The third-order valence-corrected chi connectivity index (χ3v) is 8.66. The second-order valence-corrected chi connectivity index (χ2v) is 11.5. The van der Waals surface area contributed by atoms with Gasteiger partial charge in [0.25, 0.3) is 0 Å². The van der Waals surface area contributed by atoms with E-state index >= 15 is 0 Å². The van der Waals surface area contributed by atoms with Crippen LogP contribution in [-0.4, -0.2) is 45.9 Å². The summed E-state index contributed by atoms with van der Waals surface area (Å²) in [6.07, 6.45) is 2.62. The van der Waals surface area contributed by atoms with Gasteiger partial charge in [0.15, 0.2) is 11.4 Å². The molecule has 228 valence electrons. The van der Waals surface area contributed by atoms with Crippen LogP contribution < -0.4 is 9.64 Å². The average Bonchev–Trinajstić information content (AvgIpc) is 3.73.